The number of hydrogen-bond acceptors (Lipinski definition) is 3. The molecule has 2 amide bonds. The van der Waals surface area contributed by atoms with E-state index in [1.165, 1.54) is 4.57 Å². The summed E-state index contributed by atoms with van der Waals surface area (Å²) in [6, 6.07) is 14.3. The minimum absolute atomic E-state index is 0.176. The number of carbonyl (C=O) groups excluding carboxylic acids is 2. The Balaban J connectivity index is 1.56. The fourth-order valence-corrected chi connectivity index (χ4v) is 2.22. The van der Waals surface area contributed by atoms with Gasteiger partial charge in [0.25, 0.3) is 5.91 Å². The van der Waals surface area contributed by atoms with E-state index in [-0.39, 0.29) is 11.9 Å². The number of pyridine rings is 1. The molecule has 0 atom stereocenters. The molecule has 25 heavy (non-hydrogen) atoms. The van der Waals surface area contributed by atoms with Crippen molar-refractivity contribution >= 4 is 23.3 Å². The molecule has 0 spiro atoms. The van der Waals surface area contributed by atoms with E-state index in [4.69, 9.17) is 0 Å². The van der Waals surface area contributed by atoms with E-state index in [0.29, 0.717) is 17.7 Å². The topological polar surface area (TPSA) is 74.4 Å². The van der Waals surface area contributed by atoms with Gasteiger partial charge >= 0.3 is 6.03 Å². The van der Waals surface area contributed by atoms with Crippen molar-refractivity contribution < 1.29 is 14.2 Å². The van der Waals surface area contributed by atoms with Crippen molar-refractivity contribution in [2.45, 2.75) is 6.42 Å². The van der Waals surface area contributed by atoms with Gasteiger partial charge in [0.05, 0.1) is 18.1 Å². The van der Waals surface area contributed by atoms with Crippen LogP contribution in [0.25, 0.3) is 0 Å². The van der Waals surface area contributed by atoms with Crippen molar-refractivity contribution in [3.63, 3.8) is 0 Å². The van der Waals surface area contributed by atoms with Gasteiger partial charge < -0.3 is 5.32 Å². The molecule has 1 aromatic carbocycles. The predicted octanol–water partition coefficient (Wildman–Crippen LogP) is 2.41. The molecule has 0 bridgehead atoms. The van der Waals surface area contributed by atoms with Crippen molar-refractivity contribution in [1.82, 2.24) is 5.43 Å². The normalized spacial score (nSPS) is 14.7. The molecule has 0 fully saturated rings. The summed E-state index contributed by atoms with van der Waals surface area (Å²) in [5.74, 6) is -0.176. The van der Waals surface area contributed by atoms with Crippen LogP contribution in [-0.4, -0.2) is 17.6 Å². The first-order chi connectivity index (χ1) is 12.2. The Morgan fingerprint density at radius 2 is 1.68 bits per heavy atom. The number of amides is 2. The van der Waals surface area contributed by atoms with Crippen molar-refractivity contribution in [2.75, 3.05) is 5.32 Å². The average molecular weight is 333 g/mol. The van der Waals surface area contributed by atoms with E-state index in [9.17, 15) is 9.59 Å². The SMILES string of the molecule is O=C(Nc1ccccc1)C1=CC/C(=N\NC(=O)[n+]2ccccc2)C=C1. The van der Waals surface area contributed by atoms with E-state index < -0.39 is 0 Å². The maximum absolute atomic E-state index is 12.2. The Hall–Kier alpha value is -3.54. The average Bonchev–Trinajstić information content (AvgIpc) is 2.68. The van der Waals surface area contributed by atoms with Crippen LogP contribution in [0.1, 0.15) is 6.42 Å². The lowest BCUT2D eigenvalue weighted by Crippen LogP contribution is -2.48. The van der Waals surface area contributed by atoms with Gasteiger partial charge in [-0.1, -0.05) is 35.4 Å². The number of nitrogens with zero attached hydrogens (tertiary/aromatic N) is 2. The van der Waals surface area contributed by atoms with Crippen molar-refractivity contribution in [3.05, 3.63) is 84.7 Å². The Bertz CT molecular complexity index is 856. The summed E-state index contributed by atoms with van der Waals surface area (Å²) in [7, 11) is 0. The molecule has 0 saturated heterocycles. The zero-order valence-electron chi connectivity index (χ0n) is 13.4. The van der Waals surface area contributed by atoms with Crippen LogP contribution in [0.15, 0.2) is 89.8 Å². The monoisotopic (exact) mass is 333 g/mol. The van der Waals surface area contributed by atoms with Gasteiger partial charge in [0.15, 0.2) is 0 Å². The number of hydrazone groups is 1. The van der Waals surface area contributed by atoms with Crippen LogP contribution in [0.4, 0.5) is 10.5 Å². The molecule has 1 aliphatic rings. The molecule has 0 saturated carbocycles. The number of aromatic nitrogens is 1. The number of nitrogens with one attached hydrogen (secondary N) is 2. The molecule has 1 heterocycles. The first-order valence-corrected chi connectivity index (χ1v) is 7.80. The lowest BCUT2D eigenvalue weighted by molar-refractivity contribution is -0.572. The molecule has 3 rings (SSSR count). The number of allylic oxidation sites excluding steroid dienone is 2. The Kier molecular flexibility index (Phi) is 5.11. The highest BCUT2D eigenvalue weighted by atomic mass is 16.2. The summed E-state index contributed by atoms with van der Waals surface area (Å²) in [4.78, 5) is 24.1. The lowest BCUT2D eigenvalue weighted by atomic mass is 10.1. The van der Waals surface area contributed by atoms with Crippen molar-refractivity contribution in [3.8, 4) is 0 Å². The summed E-state index contributed by atoms with van der Waals surface area (Å²) in [5, 5.41) is 6.90. The number of para-hydroxylation sites is 1. The molecule has 6 nitrogen and oxygen atoms in total. The highest BCUT2D eigenvalue weighted by molar-refractivity contribution is 6.09. The Morgan fingerprint density at radius 1 is 0.960 bits per heavy atom. The highest BCUT2D eigenvalue weighted by Gasteiger charge is 2.14. The number of carbonyl (C=O) groups is 2. The largest absolute Gasteiger partial charge is 0.521 e. The summed E-state index contributed by atoms with van der Waals surface area (Å²) < 4.78 is 1.39. The van der Waals surface area contributed by atoms with Crippen LogP contribution in [0, 0.1) is 0 Å². The zero-order chi connectivity index (χ0) is 17.5. The van der Waals surface area contributed by atoms with Gasteiger partial charge in [-0.3, -0.25) is 4.79 Å². The molecule has 1 aliphatic carbocycles. The molecule has 0 radical (unpaired) electrons. The van der Waals surface area contributed by atoms with E-state index in [2.05, 4.69) is 15.8 Å². The minimum Gasteiger partial charge on any atom is -0.322 e. The van der Waals surface area contributed by atoms with Gasteiger partial charge in [-0.2, -0.15) is 9.36 Å². The molecule has 1 aromatic heterocycles. The van der Waals surface area contributed by atoms with E-state index in [0.717, 1.165) is 5.69 Å². The summed E-state index contributed by atoms with van der Waals surface area (Å²) >= 11 is 0. The van der Waals surface area contributed by atoms with Crippen LogP contribution in [-0.2, 0) is 4.79 Å². The molecule has 2 aromatic rings. The standard InChI is InChI=1S/C19H16N4O2/c24-18(20-16-7-3-1-4-8-16)15-9-11-17(12-10-15)21-22-19(25)23-13-5-2-6-14-23/h1-11,13-14H,12H2,(H-,20,22,24,25)/p+1/b21-17-. The van der Waals surface area contributed by atoms with E-state index in [1.54, 1.807) is 42.8 Å². The van der Waals surface area contributed by atoms with Crippen molar-refractivity contribution in [2.24, 2.45) is 5.10 Å². The molecule has 0 unspecified atom stereocenters. The maximum Gasteiger partial charge on any atom is 0.521 e. The van der Waals surface area contributed by atoms with Crippen LogP contribution >= 0.6 is 0 Å². The van der Waals surface area contributed by atoms with Crippen LogP contribution in [0.3, 0.4) is 0 Å². The first-order valence-electron chi connectivity index (χ1n) is 7.80. The highest BCUT2D eigenvalue weighted by Crippen LogP contribution is 2.12. The van der Waals surface area contributed by atoms with Crippen molar-refractivity contribution in [1.29, 1.82) is 0 Å². The fraction of sp³-hybridized carbons (Fsp3) is 0.0526. The lowest BCUT2D eigenvalue weighted by Gasteiger charge is -2.09. The number of benzene rings is 1. The maximum atomic E-state index is 12.2. The van der Waals surface area contributed by atoms with Gasteiger partial charge in [0, 0.05) is 17.7 Å². The number of hydrogen-bond donors (Lipinski definition) is 2. The molecule has 124 valence electrons. The van der Waals surface area contributed by atoms with Gasteiger partial charge in [-0.05, 0) is 36.4 Å². The quantitative estimate of drug-likeness (QED) is 0.669. The predicted molar refractivity (Wildman–Crippen MR) is 94.9 cm³/mol. The first kappa shape index (κ1) is 16.3. The van der Waals surface area contributed by atoms with Gasteiger partial charge in [-0.15, -0.1) is 5.43 Å². The Morgan fingerprint density at radius 3 is 2.36 bits per heavy atom. The van der Waals surface area contributed by atoms with E-state index >= 15 is 0 Å². The number of anilines is 1. The fourth-order valence-electron chi connectivity index (χ4n) is 2.22. The summed E-state index contributed by atoms with van der Waals surface area (Å²) in [6.07, 6.45) is 8.92. The molecular formula is C19H17N4O2+. The van der Waals surface area contributed by atoms with Gasteiger partial charge in [-0.25, -0.2) is 0 Å². The summed E-state index contributed by atoms with van der Waals surface area (Å²) in [5.41, 5.74) is 4.46. The van der Waals surface area contributed by atoms with Crippen LogP contribution in [0.2, 0.25) is 0 Å². The second-order valence-corrected chi connectivity index (χ2v) is 5.32. The third kappa shape index (κ3) is 4.48. The summed E-state index contributed by atoms with van der Waals surface area (Å²) in [6.45, 7) is 0. The second-order valence-electron chi connectivity index (χ2n) is 5.32. The van der Waals surface area contributed by atoms with Crippen LogP contribution < -0.4 is 15.3 Å². The molecular weight excluding hydrogens is 316 g/mol. The third-order valence-electron chi connectivity index (χ3n) is 3.53. The van der Waals surface area contributed by atoms with E-state index in [1.807, 2.05) is 36.4 Å². The third-order valence-corrected chi connectivity index (χ3v) is 3.53. The molecule has 6 heteroatoms. The van der Waals surface area contributed by atoms with Gasteiger partial charge in [0.2, 0.25) is 0 Å². The number of rotatable bonds is 3. The zero-order valence-corrected chi connectivity index (χ0v) is 13.4. The van der Waals surface area contributed by atoms with Gasteiger partial charge in [0.1, 0.15) is 0 Å². The molecule has 2 N–H and O–H groups in total. The molecule has 0 aliphatic heterocycles. The smallest absolute Gasteiger partial charge is 0.322 e. The Labute approximate surface area is 145 Å². The second kappa shape index (κ2) is 7.83. The van der Waals surface area contributed by atoms with Crippen LogP contribution in [0.5, 0.6) is 0 Å². The minimum atomic E-state index is -0.349.